The first-order valence-electron chi connectivity index (χ1n) is 10.3. The molecular weight excluding hydrogens is 372 g/mol. The third kappa shape index (κ3) is 4.46. The molecule has 0 unspecified atom stereocenters. The first kappa shape index (κ1) is 21.4. The Balaban J connectivity index is 1.77. The van der Waals surface area contributed by atoms with Crippen LogP contribution in [0, 0.1) is 34.6 Å². The monoisotopic (exact) mass is 402 g/mol. The first-order chi connectivity index (χ1) is 14.3. The summed E-state index contributed by atoms with van der Waals surface area (Å²) in [6, 6.07) is 14.0. The van der Waals surface area contributed by atoms with Crippen molar-refractivity contribution in [2.45, 2.75) is 48.0 Å². The Hall–Kier alpha value is -3.34. The van der Waals surface area contributed by atoms with Crippen LogP contribution >= 0.6 is 0 Å². The summed E-state index contributed by atoms with van der Waals surface area (Å²) in [4.78, 5) is 12.2. The number of aromatic nitrogens is 1. The van der Waals surface area contributed by atoms with Crippen LogP contribution in [-0.2, 0) is 6.42 Å². The highest BCUT2D eigenvalue weighted by Crippen LogP contribution is 2.26. The Morgan fingerprint density at radius 2 is 1.77 bits per heavy atom. The van der Waals surface area contributed by atoms with Crippen molar-refractivity contribution in [3.63, 3.8) is 0 Å². The van der Waals surface area contributed by atoms with Gasteiger partial charge in [0.1, 0.15) is 0 Å². The molecule has 0 fully saturated rings. The summed E-state index contributed by atoms with van der Waals surface area (Å²) in [7, 11) is 0. The van der Waals surface area contributed by atoms with E-state index in [4.69, 9.17) is 0 Å². The van der Waals surface area contributed by atoms with Crippen LogP contribution in [0.5, 0.6) is 0 Å². The van der Waals surface area contributed by atoms with E-state index in [-0.39, 0.29) is 6.03 Å². The summed E-state index contributed by atoms with van der Waals surface area (Å²) in [5.41, 5.74) is 12.6. The highest BCUT2D eigenvalue weighted by Gasteiger charge is 2.14. The minimum Gasteiger partial charge on any atom is -0.317 e. The molecule has 30 heavy (non-hydrogen) atoms. The predicted octanol–water partition coefficient (Wildman–Crippen LogP) is 5.74. The molecule has 1 aromatic heterocycles. The SMILES string of the molecule is CCc1cccc(C)c1-n1c(C)cc(/C=N/NC(=O)Nc2ccc(C)c(C)c2)c1C. The molecule has 1 heterocycles. The topological polar surface area (TPSA) is 58.4 Å². The van der Waals surface area contributed by atoms with Crippen molar-refractivity contribution < 1.29 is 4.79 Å². The van der Waals surface area contributed by atoms with Crippen LogP contribution in [0.1, 0.15) is 46.1 Å². The van der Waals surface area contributed by atoms with Crippen LogP contribution in [-0.4, -0.2) is 16.8 Å². The van der Waals surface area contributed by atoms with Gasteiger partial charge in [0.25, 0.3) is 0 Å². The summed E-state index contributed by atoms with van der Waals surface area (Å²) in [6.45, 7) is 12.5. The molecule has 0 spiro atoms. The summed E-state index contributed by atoms with van der Waals surface area (Å²) in [6.07, 6.45) is 2.67. The molecule has 156 valence electrons. The lowest BCUT2D eigenvalue weighted by Gasteiger charge is -2.17. The molecular formula is C25H30N4O. The predicted molar refractivity (Wildman–Crippen MR) is 125 cm³/mol. The van der Waals surface area contributed by atoms with Gasteiger partial charge in [0.05, 0.1) is 11.9 Å². The molecule has 0 saturated carbocycles. The Bertz CT molecular complexity index is 1110. The number of hydrogen-bond acceptors (Lipinski definition) is 2. The maximum Gasteiger partial charge on any atom is 0.339 e. The second-order valence-electron chi connectivity index (χ2n) is 7.72. The number of rotatable bonds is 5. The molecule has 5 heteroatoms. The summed E-state index contributed by atoms with van der Waals surface area (Å²) in [5, 5.41) is 6.96. The molecule has 3 aromatic rings. The Morgan fingerprint density at radius 1 is 1.00 bits per heavy atom. The average Bonchev–Trinajstić information content (AvgIpc) is 2.98. The van der Waals surface area contributed by atoms with Gasteiger partial charge in [-0.3, -0.25) is 0 Å². The molecule has 0 aliphatic carbocycles. The first-order valence-corrected chi connectivity index (χ1v) is 10.3. The van der Waals surface area contributed by atoms with Crippen molar-refractivity contribution in [1.82, 2.24) is 9.99 Å². The number of para-hydroxylation sites is 1. The van der Waals surface area contributed by atoms with Crippen molar-refractivity contribution >= 4 is 17.9 Å². The fourth-order valence-corrected chi connectivity index (χ4v) is 3.73. The zero-order valence-electron chi connectivity index (χ0n) is 18.6. The van der Waals surface area contributed by atoms with Crippen molar-refractivity contribution in [3.05, 3.63) is 81.7 Å². The van der Waals surface area contributed by atoms with Crippen LogP contribution in [0.4, 0.5) is 10.5 Å². The van der Waals surface area contributed by atoms with Gasteiger partial charge in [-0.2, -0.15) is 5.10 Å². The second-order valence-corrected chi connectivity index (χ2v) is 7.72. The Labute approximate surface area is 178 Å². The van der Waals surface area contributed by atoms with Gasteiger partial charge in [-0.1, -0.05) is 31.2 Å². The molecule has 2 N–H and O–H groups in total. The van der Waals surface area contributed by atoms with E-state index >= 15 is 0 Å². The Kier molecular flexibility index (Phi) is 6.40. The lowest BCUT2D eigenvalue weighted by molar-refractivity contribution is 0.252. The van der Waals surface area contributed by atoms with E-state index in [1.807, 2.05) is 32.0 Å². The number of urea groups is 1. The number of nitrogens with zero attached hydrogens (tertiary/aromatic N) is 2. The van der Waals surface area contributed by atoms with Crippen molar-refractivity contribution in [2.75, 3.05) is 5.32 Å². The van der Waals surface area contributed by atoms with Crippen LogP contribution in [0.15, 0.2) is 47.6 Å². The molecule has 2 aromatic carbocycles. The zero-order chi connectivity index (χ0) is 21.8. The number of hydrogen-bond donors (Lipinski definition) is 2. The van der Waals surface area contributed by atoms with E-state index in [9.17, 15) is 4.79 Å². The molecule has 0 bridgehead atoms. The molecule has 0 atom stereocenters. The number of carbonyl (C=O) groups is 1. The number of nitrogens with one attached hydrogen (secondary N) is 2. The molecule has 0 saturated heterocycles. The second kappa shape index (κ2) is 8.99. The van der Waals surface area contributed by atoms with E-state index in [0.717, 1.165) is 34.6 Å². The number of hydrazone groups is 1. The average molecular weight is 403 g/mol. The number of amides is 2. The van der Waals surface area contributed by atoms with E-state index in [1.54, 1.807) is 6.21 Å². The normalized spacial score (nSPS) is 11.1. The number of aryl methyl sites for hydroxylation is 5. The smallest absolute Gasteiger partial charge is 0.317 e. The quantitative estimate of drug-likeness (QED) is 0.415. The van der Waals surface area contributed by atoms with Crippen molar-refractivity contribution in [3.8, 4) is 5.69 Å². The summed E-state index contributed by atoms with van der Waals surface area (Å²) in [5.74, 6) is 0. The van der Waals surface area contributed by atoms with Gasteiger partial charge >= 0.3 is 6.03 Å². The third-order valence-electron chi connectivity index (χ3n) is 5.53. The maximum atomic E-state index is 12.2. The van der Waals surface area contributed by atoms with Crippen LogP contribution in [0.3, 0.4) is 0 Å². The largest absolute Gasteiger partial charge is 0.339 e. The summed E-state index contributed by atoms with van der Waals surface area (Å²) >= 11 is 0. The third-order valence-corrected chi connectivity index (χ3v) is 5.53. The summed E-state index contributed by atoms with van der Waals surface area (Å²) < 4.78 is 2.27. The minimum absolute atomic E-state index is 0.365. The van der Waals surface area contributed by atoms with E-state index < -0.39 is 0 Å². The van der Waals surface area contributed by atoms with Gasteiger partial charge in [-0.15, -0.1) is 0 Å². The fraction of sp³-hybridized carbons (Fsp3) is 0.280. The maximum absolute atomic E-state index is 12.2. The lowest BCUT2D eigenvalue weighted by Crippen LogP contribution is -2.24. The highest BCUT2D eigenvalue weighted by atomic mass is 16.2. The fourth-order valence-electron chi connectivity index (χ4n) is 3.73. The lowest BCUT2D eigenvalue weighted by atomic mass is 10.1. The molecule has 5 nitrogen and oxygen atoms in total. The Morgan fingerprint density at radius 3 is 2.47 bits per heavy atom. The van der Waals surface area contributed by atoms with Crippen LogP contribution < -0.4 is 10.7 Å². The van der Waals surface area contributed by atoms with Crippen LogP contribution in [0.2, 0.25) is 0 Å². The van der Waals surface area contributed by atoms with Crippen LogP contribution in [0.25, 0.3) is 5.69 Å². The van der Waals surface area contributed by atoms with Gasteiger partial charge in [0, 0.05) is 22.6 Å². The minimum atomic E-state index is -0.365. The number of anilines is 1. The standard InChI is InChI=1S/C25H30N4O/c1-7-21-10-8-9-17(3)24(21)29-19(5)14-22(20(29)6)15-26-28-25(30)27-23-12-11-16(2)18(4)13-23/h8-15H,7H2,1-6H3,(H2,27,28,30)/b26-15+. The molecule has 2 amide bonds. The van der Waals surface area contributed by atoms with Gasteiger partial charge in [0.15, 0.2) is 0 Å². The van der Waals surface area contributed by atoms with E-state index in [0.29, 0.717) is 0 Å². The van der Waals surface area contributed by atoms with E-state index in [2.05, 4.69) is 72.4 Å². The molecule has 0 aliphatic heterocycles. The van der Waals surface area contributed by atoms with Gasteiger partial charge < -0.3 is 9.88 Å². The van der Waals surface area contributed by atoms with Crippen molar-refractivity contribution in [1.29, 1.82) is 0 Å². The van der Waals surface area contributed by atoms with Gasteiger partial charge in [-0.05, 0) is 81.5 Å². The van der Waals surface area contributed by atoms with Gasteiger partial charge in [0.2, 0.25) is 0 Å². The molecule has 0 radical (unpaired) electrons. The van der Waals surface area contributed by atoms with E-state index in [1.165, 1.54) is 22.4 Å². The molecule has 0 aliphatic rings. The highest BCUT2D eigenvalue weighted by molar-refractivity contribution is 5.90. The number of benzene rings is 2. The number of carbonyl (C=O) groups excluding carboxylic acids is 1. The van der Waals surface area contributed by atoms with Crippen molar-refractivity contribution in [2.24, 2.45) is 5.10 Å². The zero-order valence-corrected chi connectivity index (χ0v) is 18.6. The molecule has 3 rings (SSSR count). The van der Waals surface area contributed by atoms with Gasteiger partial charge in [-0.25, -0.2) is 10.2 Å².